The Morgan fingerprint density at radius 3 is 1.94 bits per heavy atom. The molecule has 6 nitrogen and oxygen atoms in total. The second-order valence-corrected chi connectivity index (χ2v) is 4.99. The number of alkyl halides is 3. The van der Waals surface area contributed by atoms with Gasteiger partial charge in [-0.15, -0.1) is 0 Å². The van der Waals surface area contributed by atoms with E-state index in [2.05, 4.69) is 0 Å². The van der Waals surface area contributed by atoms with Crippen molar-refractivity contribution in [1.29, 1.82) is 0 Å². The third-order valence-corrected chi connectivity index (χ3v) is 3.32. The van der Waals surface area contributed by atoms with Gasteiger partial charge in [0.1, 0.15) is 6.54 Å². The Hall–Kier alpha value is -0.420. The van der Waals surface area contributed by atoms with Crippen LogP contribution in [0.5, 0.6) is 0 Å². The van der Waals surface area contributed by atoms with E-state index in [0.717, 1.165) is 0 Å². The molecule has 0 atom stereocenters. The van der Waals surface area contributed by atoms with E-state index < -0.39 is 41.7 Å². The van der Waals surface area contributed by atoms with Gasteiger partial charge in [0.15, 0.2) is 0 Å². The van der Waals surface area contributed by atoms with E-state index >= 15 is 0 Å². The first-order valence-corrected chi connectivity index (χ1v) is 6.15. The lowest BCUT2D eigenvalue weighted by Crippen LogP contribution is -2.57. The average molecular weight is 280 g/mol. The van der Waals surface area contributed by atoms with E-state index in [9.17, 15) is 21.6 Å². The molecule has 0 rings (SSSR count). The van der Waals surface area contributed by atoms with E-state index in [-0.39, 0.29) is 6.42 Å². The van der Waals surface area contributed by atoms with Gasteiger partial charge in [0.05, 0.1) is 18.8 Å². The van der Waals surface area contributed by atoms with E-state index in [4.69, 9.17) is 10.2 Å². The Balaban J connectivity index is 4.63. The van der Waals surface area contributed by atoms with Gasteiger partial charge in [0.25, 0.3) is 10.2 Å². The minimum Gasteiger partial charge on any atom is -0.394 e. The van der Waals surface area contributed by atoms with Crippen molar-refractivity contribution >= 4 is 10.2 Å². The Morgan fingerprint density at radius 1 is 1.18 bits per heavy atom. The SMILES string of the molecule is CCC(CO)(CO)NS(=O)(=O)NCC(F)(F)F. The van der Waals surface area contributed by atoms with Crippen LogP contribution in [-0.4, -0.2) is 50.1 Å². The molecule has 0 spiro atoms. The molecule has 0 aliphatic rings. The first-order chi connectivity index (χ1) is 7.60. The number of nitrogens with one attached hydrogen (secondary N) is 2. The standard InChI is InChI=1S/C7H15F3N2O4S/c1-2-6(4-13,5-14)12-17(15,16)11-3-7(8,9)10/h11-14H,2-5H2,1H3. The summed E-state index contributed by atoms with van der Waals surface area (Å²) in [5, 5.41) is 17.9. The highest BCUT2D eigenvalue weighted by molar-refractivity contribution is 7.87. The van der Waals surface area contributed by atoms with Crippen LogP contribution in [-0.2, 0) is 10.2 Å². The second kappa shape index (κ2) is 5.96. The lowest BCUT2D eigenvalue weighted by Gasteiger charge is -2.29. The van der Waals surface area contributed by atoms with E-state index in [0.29, 0.717) is 0 Å². The van der Waals surface area contributed by atoms with Crippen molar-refractivity contribution in [3.8, 4) is 0 Å². The predicted octanol–water partition coefficient (Wildman–Crippen LogP) is -0.894. The summed E-state index contributed by atoms with van der Waals surface area (Å²) < 4.78 is 60.9. The van der Waals surface area contributed by atoms with Crippen LogP contribution in [0.15, 0.2) is 0 Å². The summed E-state index contributed by atoms with van der Waals surface area (Å²) >= 11 is 0. The van der Waals surface area contributed by atoms with Crippen LogP contribution >= 0.6 is 0 Å². The molecule has 10 heteroatoms. The fourth-order valence-corrected chi connectivity index (χ4v) is 2.18. The number of aliphatic hydroxyl groups is 2. The Kier molecular flexibility index (Phi) is 5.81. The van der Waals surface area contributed by atoms with Crippen LogP contribution in [0.2, 0.25) is 0 Å². The van der Waals surface area contributed by atoms with Crippen molar-refractivity contribution in [2.45, 2.75) is 25.1 Å². The Morgan fingerprint density at radius 2 is 1.65 bits per heavy atom. The van der Waals surface area contributed by atoms with Crippen LogP contribution in [0.25, 0.3) is 0 Å². The van der Waals surface area contributed by atoms with Crippen molar-refractivity contribution < 1.29 is 31.8 Å². The normalized spacial score (nSPS) is 14.0. The number of hydrogen-bond donors (Lipinski definition) is 4. The van der Waals surface area contributed by atoms with Crippen LogP contribution in [0.4, 0.5) is 13.2 Å². The van der Waals surface area contributed by atoms with Gasteiger partial charge < -0.3 is 10.2 Å². The minimum atomic E-state index is -4.68. The molecule has 0 aromatic rings. The summed E-state index contributed by atoms with van der Waals surface area (Å²) in [5.41, 5.74) is -1.57. The lowest BCUT2D eigenvalue weighted by molar-refractivity contribution is -0.121. The molecular weight excluding hydrogens is 265 g/mol. The molecule has 104 valence electrons. The van der Waals surface area contributed by atoms with Crippen LogP contribution in [0, 0.1) is 0 Å². The van der Waals surface area contributed by atoms with Crippen molar-refractivity contribution in [1.82, 2.24) is 9.44 Å². The molecule has 4 N–H and O–H groups in total. The zero-order chi connectivity index (χ0) is 13.7. The van der Waals surface area contributed by atoms with Crippen LogP contribution in [0.3, 0.4) is 0 Å². The third-order valence-electron chi connectivity index (χ3n) is 2.10. The first-order valence-electron chi connectivity index (χ1n) is 4.67. The van der Waals surface area contributed by atoms with Gasteiger partial charge >= 0.3 is 6.18 Å². The maximum absolute atomic E-state index is 11.8. The first kappa shape index (κ1) is 16.6. The summed E-state index contributed by atoms with van der Waals surface area (Å²) in [5.74, 6) is 0. The van der Waals surface area contributed by atoms with Gasteiger partial charge in [0.2, 0.25) is 0 Å². The average Bonchev–Trinajstić information content (AvgIpc) is 2.23. The highest BCUT2D eigenvalue weighted by Crippen LogP contribution is 2.14. The van der Waals surface area contributed by atoms with Crippen molar-refractivity contribution in [2.75, 3.05) is 19.8 Å². The smallest absolute Gasteiger partial charge is 0.394 e. The van der Waals surface area contributed by atoms with Crippen molar-refractivity contribution in [3.05, 3.63) is 0 Å². The zero-order valence-electron chi connectivity index (χ0n) is 9.08. The molecule has 0 heterocycles. The lowest BCUT2D eigenvalue weighted by atomic mass is 10.0. The number of aliphatic hydroxyl groups excluding tert-OH is 2. The predicted molar refractivity (Wildman–Crippen MR) is 53.3 cm³/mol. The maximum Gasteiger partial charge on any atom is 0.402 e. The fourth-order valence-electron chi connectivity index (χ4n) is 0.908. The molecular formula is C7H15F3N2O4S. The molecule has 0 aromatic heterocycles. The molecule has 0 saturated heterocycles. The molecule has 0 aliphatic heterocycles. The van der Waals surface area contributed by atoms with Crippen LogP contribution in [0.1, 0.15) is 13.3 Å². The number of halogens is 3. The molecule has 0 amide bonds. The summed E-state index contributed by atoms with van der Waals surface area (Å²) in [6.45, 7) is -1.71. The van der Waals surface area contributed by atoms with E-state index in [1.807, 2.05) is 0 Å². The van der Waals surface area contributed by atoms with Crippen molar-refractivity contribution in [3.63, 3.8) is 0 Å². The van der Waals surface area contributed by atoms with E-state index in [1.54, 1.807) is 4.72 Å². The summed E-state index contributed by atoms with van der Waals surface area (Å²) in [6, 6.07) is 0. The molecule has 0 aromatic carbocycles. The maximum atomic E-state index is 11.8. The number of hydrogen-bond acceptors (Lipinski definition) is 4. The summed E-state index contributed by atoms with van der Waals surface area (Å²) in [6.07, 6.45) is -4.66. The topological polar surface area (TPSA) is 98.7 Å². The number of rotatable bonds is 7. The molecule has 0 bridgehead atoms. The Bertz CT molecular complexity index is 318. The Labute approximate surface area is 97.0 Å². The molecule has 0 unspecified atom stereocenters. The molecule has 17 heavy (non-hydrogen) atoms. The van der Waals surface area contributed by atoms with Gasteiger partial charge in [-0.25, -0.2) is 0 Å². The largest absolute Gasteiger partial charge is 0.402 e. The fraction of sp³-hybridized carbons (Fsp3) is 1.00. The second-order valence-electron chi connectivity index (χ2n) is 3.49. The molecule has 0 saturated carbocycles. The minimum absolute atomic E-state index is 0.0208. The van der Waals surface area contributed by atoms with Gasteiger partial charge in [-0.1, -0.05) is 6.92 Å². The van der Waals surface area contributed by atoms with Crippen molar-refractivity contribution in [2.24, 2.45) is 0 Å². The van der Waals surface area contributed by atoms with Gasteiger partial charge in [0, 0.05) is 0 Å². The highest BCUT2D eigenvalue weighted by Gasteiger charge is 2.34. The highest BCUT2D eigenvalue weighted by atomic mass is 32.2. The summed E-state index contributed by atoms with van der Waals surface area (Å²) in [7, 11) is -4.45. The molecule has 0 aliphatic carbocycles. The quantitative estimate of drug-likeness (QED) is 0.486. The molecule has 0 fully saturated rings. The third kappa shape index (κ3) is 6.17. The van der Waals surface area contributed by atoms with Gasteiger partial charge in [-0.05, 0) is 6.42 Å². The zero-order valence-corrected chi connectivity index (χ0v) is 9.90. The molecule has 0 radical (unpaired) electrons. The van der Waals surface area contributed by atoms with Crippen LogP contribution < -0.4 is 9.44 Å². The van der Waals surface area contributed by atoms with Gasteiger partial charge in [-0.2, -0.15) is 31.0 Å². The monoisotopic (exact) mass is 280 g/mol. The van der Waals surface area contributed by atoms with E-state index in [1.165, 1.54) is 11.6 Å². The van der Waals surface area contributed by atoms with Gasteiger partial charge in [-0.3, -0.25) is 0 Å². The summed E-state index contributed by atoms with van der Waals surface area (Å²) in [4.78, 5) is 0.